The summed E-state index contributed by atoms with van der Waals surface area (Å²) in [4.78, 5) is 35.0. The molecule has 2 rings (SSSR count). The van der Waals surface area contributed by atoms with Gasteiger partial charge >= 0.3 is 5.97 Å². The summed E-state index contributed by atoms with van der Waals surface area (Å²) in [6.07, 6.45) is 6.24. The second-order valence-electron chi connectivity index (χ2n) is 6.91. The van der Waals surface area contributed by atoms with Crippen molar-refractivity contribution in [1.82, 2.24) is 5.32 Å². The van der Waals surface area contributed by atoms with Gasteiger partial charge in [0.05, 0.1) is 6.42 Å². The standard InChI is InChI=1S/C19H26N2O4/c1-19(11-4-2-3-5-12-19)18(25)21-15-8-6-14(7-9-15)17(24)20-13-10-16(22)23/h6-9H,2-5,10-13H2,1H3,(H,20,24)(H,21,25)(H,22,23). The van der Waals surface area contributed by atoms with Crippen LogP contribution in [0, 0.1) is 5.41 Å². The van der Waals surface area contributed by atoms with Crippen LogP contribution in [0.15, 0.2) is 24.3 Å². The molecule has 6 heteroatoms. The molecule has 136 valence electrons. The van der Waals surface area contributed by atoms with Gasteiger partial charge in [-0.25, -0.2) is 0 Å². The predicted octanol–water partition coefficient (Wildman–Crippen LogP) is 3.19. The summed E-state index contributed by atoms with van der Waals surface area (Å²) >= 11 is 0. The van der Waals surface area contributed by atoms with E-state index in [4.69, 9.17) is 5.11 Å². The van der Waals surface area contributed by atoms with E-state index in [1.807, 2.05) is 6.92 Å². The Hall–Kier alpha value is -2.37. The van der Waals surface area contributed by atoms with Crippen molar-refractivity contribution >= 4 is 23.5 Å². The molecule has 0 radical (unpaired) electrons. The number of anilines is 1. The van der Waals surface area contributed by atoms with E-state index >= 15 is 0 Å². The number of carboxylic acids is 1. The topological polar surface area (TPSA) is 95.5 Å². The highest BCUT2D eigenvalue weighted by atomic mass is 16.4. The monoisotopic (exact) mass is 346 g/mol. The molecule has 0 saturated heterocycles. The third-order valence-corrected chi connectivity index (χ3v) is 4.78. The fraction of sp³-hybridized carbons (Fsp3) is 0.526. The highest BCUT2D eigenvalue weighted by Crippen LogP contribution is 2.35. The quantitative estimate of drug-likeness (QED) is 0.689. The molecule has 1 aromatic rings. The first-order chi connectivity index (χ1) is 11.9. The number of carbonyl (C=O) groups is 3. The zero-order chi connectivity index (χ0) is 18.3. The van der Waals surface area contributed by atoms with Crippen molar-refractivity contribution < 1.29 is 19.5 Å². The molecule has 0 unspecified atom stereocenters. The van der Waals surface area contributed by atoms with Gasteiger partial charge in [-0.1, -0.05) is 32.6 Å². The number of hydrogen-bond acceptors (Lipinski definition) is 3. The Balaban J connectivity index is 1.92. The largest absolute Gasteiger partial charge is 0.481 e. The lowest BCUT2D eigenvalue weighted by molar-refractivity contribution is -0.136. The van der Waals surface area contributed by atoms with Crippen LogP contribution in [0.2, 0.25) is 0 Å². The average Bonchev–Trinajstić information content (AvgIpc) is 2.81. The van der Waals surface area contributed by atoms with Crippen molar-refractivity contribution in [3.8, 4) is 0 Å². The number of hydrogen-bond donors (Lipinski definition) is 3. The first-order valence-corrected chi connectivity index (χ1v) is 8.82. The number of amides is 2. The second kappa shape index (κ2) is 8.65. The van der Waals surface area contributed by atoms with Gasteiger partial charge in [-0.15, -0.1) is 0 Å². The molecule has 1 saturated carbocycles. The fourth-order valence-electron chi connectivity index (χ4n) is 3.11. The van der Waals surface area contributed by atoms with Crippen molar-refractivity contribution in [1.29, 1.82) is 0 Å². The van der Waals surface area contributed by atoms with Gasteiger partial charge in [0.15, 0.2) is 0 Å². The van der Waals surface area contributed by atoms with Crippen LogP contribution < -0.4 is 10.6 Å². The minimum absolute atomic E-state index is 0.0352. The number of nitrogens with one attached hydrogen (secondary N) is 2. The maximum atomic E-state index is 12.6. The molecule has 6 nitrogen and oxygen atoms in total. The fourth-order valence-corrected chi connectivity index (χ4v) is 3.11. The summed E-state index contributed by atoms with van der Waals surface area (Å²) in [7, 11) is 0. The molecular weight excluding hydrogens is 320 g/mol. The van der Waals surface area contributed by atoms with Gasteiger partial charge < -0.3 is 15.7 Å². The smallest absolute Gasteiger partial charge is 0.305 e. The van der Waals surface area contributed by atoms with Crippen LogP contribution in [0.1, 0.15) is 62.2 Å². The third kappa shape index (κ3) is 5.59. The maximum Gasteiger partial charge on any atom is 0.305 e. The number of benzene rings is 1. The molecule has 0 aliphatic heterocycles. The summed E-state index contributed by atoms with van der Waals surface area (Å²) in [6, 6.07) is 6.65. The Labute approximate surface area is 148 Å². The molecule has 25 heavy (non-hydrogen) atoms. The van der Waals surface area contributed by atoms with Crippen LogP contribution in [0.3, 0.4) is 0 Å². The maximum absolute atomic E-state index is 12.6. The minimum atomic E-state index is -0.953. The van der Waals surface area contributed by atoms with E-state index in [1.165, 1.54) is 12.8 Å². The van der Waals surface area contributed by atoms with Crippen LogP contribution in [-0.4, -0.2) is 29.4 Å². The summed E-state index contributed by atoms with van der Waals surface area (Å²) < 4.78 is 0. The lowest BCUT2D eigenvalue weighted by atomic mass is 9.81. The van der Waals surface area contributed by atoms with Crippen molar-refractivity contribution in [2.45, 2.75) is 51.9 Å². The molecular formula is C19H26N2O4. The predicted molar refractivity (Wildman–Crippen MR) is 95.5 cm³/mol. The molecule has 0 aromatic heterocycles. The van der Waals surface area contributed by atoms with Crippen LogP contribution in [-0.2, 0) is 9.59 Å². The molecule has 1 aromatic carbocycles. The van der Waals surface area contributed by atoms with Crippen molar-refractivity contribution in [2.24, 2.45) is 5.41 Å². The van der Waals surface area contributed by atoms with Gasteiger partial charge in [0.25, 0.3) is 5.91 Å². The Morgan fingerprint density at radius 2 is 1.64 bits per heavy atom. The lowest BCUT2D eigenvalue weighted by Gasteiger charge is -2.26. The van der Waals surface area contributed by atoms with E-state index in [0.29, 0.717) is 11.3 Å². The van der Waals surface area contributed by atoms with Crippen molar-refractivity contribution in [3.63, 3.8) is 0 Å². The molecule has 0 spiro atoms. The van der Waals surface area contributed by atoms with Gasteiger partial charge in [0, 0.05) is 23.2 Å². The van der Waals surface area contributed by atoms with E-state index in [9.17, 15) is 14.4 Å². The zero-order valence-electron chi connectivity index (χ0n) is 14.6. The summed E-state index contributed by atoms with van der Waals surface area (Å²) in [5.41, 5.74) is 0.769. The molecule has 0 bridgehead atoms. The summed E-state index contributed by atoms with van der Waals surface area (Å²) in [5.74, 6) is -1.24. The van der Waals surface area contributed by atoms with E-state index in [-0.39, 0.29) is 30.2 Å². The molecule has 3 N–H and O–H groups in total. The van der Waals surface area contributed by atoms with Gasteiger partial charge in [-0.3, -0.25) is 14.4 Å². The van der Waals surface area contributed by atoms with Crippen LogP contribution in [0.25, 0.3) is 0 Å². The lowest BCUT2D eigenvalue weighted by Crippen LogP contribution is -2.33. The number of carboxylic acid groups (broad SMARTS) is 1. The molecule has 1 aliphatic carbocycles. The van der Waals surface area contributed by atoms with Crippen LogP contribution in [0.5, 0.6) is 0 Å². The van der Waals surface area contributed by atoms with Crippen molar-refractivity contribution in [3.05, 3.63) is 29.8 Å². The van der Waals surface area contributed by atoms with Gasteiger partial charge in [-0.2, -0.15) is 0 Å². The minimum Gasteiger partial charge on any atom is -0.481 e. The first kappa shape index (κ1) is 19.0. The molecule has 0 atom stereocenters. The molecule has 0 heterocycles. The zero-order valence-corrected chi connectivity index (χ0v) is 14.6. The van der Waals surface area contributed by atoms with Gasteiger partial charge in [0.1, 0.15) is 0 Å². The SMILES string of the molecule is CC1(C(=O)Nc2ccc(C(=O)NCCC(=O)O)cc2)CCCCCC1. The van der Waals surface area contributed by atoms with E-state index < -0.39 is 5.97 Å². The number of rotatable bonds is 6. The van der Waals surface area contributed by atoms with E-state index in [0.717, 1.165) is 25.7 Å². The van der Waals surface area contributed by atoms with Gasteiger partial charge in [0.2, 0.25) is 5.91 Å². The first-order valence-electron chi connectivity index (χ1n) is 8.82. The third-order valence-electron chi connectivity index (χ3n) is 4.78. The molecule has 1 fully saturated rings. The van der Waals surface area contributed by atoms with E-state index in [1.54, 1.807) is 24.3 Å². The Morgan fingerprint density at radius 1 is 1.04 bits per heavy atom. The van der Waals surface area contributed by atoms with Crippen molar-refractivity contribution in [2.75, 3.05) is 11.9 Å². The highest BCUT2D eigenvalue weighted by molar-refractivity contribution is 5.97. The summed E-state index contributed by atoms with van der Waals surface area (Å²) in [6.45, 7) is 2.11. The molecule has 1 aliphatic rings. The number of carbonyl (C=O) groups excluding carboxylic acids is 2. The van der Waals surface area contributed by atoms with Crippen LogP contribution >= 0.6 is 0 Å². The Kier molecular flexibility index (Phi) is 6.56. The van der Waals surface area contributed by atoms with Crippen LogP contribution in [0.4, 0.5) is 5.69 Å². The highest BCUT2D eigenvalue weighted by Gasteiger charge is 2.33. The van der Waals surface area contributed by atoms with Gasteiger partial charge in [-0.05, 0) is 37.1 Å². The average molecular weight is 346 g/mol. The molecule has 2 amide bonds. The summed E-state index contributed by atoms with van der Waals surface area (Å²) in [5, 5.41) is 14.1. The normalized spacial score (nSPS) is 16.5. The second-order valence-corrected chi connectivity index (χ2v) is 6.91. The number of aliphatic carboxylic acids is 1. The Bertz CT molecular complexity index is 617. The van der Waals surface area contributed by atoms with E-state index in [2.05, 4.69) is 10.6 Å². The Morgan fingerprint density at radius 3 is 2.20 bits per heavy atom.